The number of hydrogen-bond donors (Lipinski definition) is 4. The Morgan fingerprint density at radius 1 is 0.302 bits per heavy atom. The summed E-state index contributed by atoms with van der Waals surface area (Å²) < 4.78 is 0. The minimum Gasteiger partial charge on any atom is -0.512 e. The Morgan fingerprint density at radius 3 is 1.06 bits per heavy atom. The van der Waals surface area contributed by atoms with Gasteiger partial charge in [-0.25, -0.2) is 0 Å². The maximum absolute atomic E-state index is 10.0. The van der Waals surface area contributed by atoms with E-state index >= 15 is 0 Å². The first-order valence-electron chi connectivity index (χ1n) is 32.5. The van der Waals surface area contributed by atoms with Crippen LogP contribution in [0.1, 0.15) is 55.4 Å². The summed E-state index contributed by atoms with van der Waals surface area (Å²) >= 11 is 0. The molecule has 0 amide bonds. The number of aliphatic hydroxyl groups excluding tert-OH is 4. The van der Waals surface area contributed by atoms with E-state index in [0.29, 0.717) is 0 Å². The number of allylic oxidation sites excluding steroid dienone is 8. The molecule has 0 spiro atoms. The van der Waals surface area contributed by atoms with E-state index in [0.717, 1.165) is 72.4 Å². The SMILES string of the molecule is CC(=O)C=C(C)O.CC(=O)C=C(C)O.CC(=O)C=C(C)O.CC(=O)C=C(C)O.[Ir].[Ir].[Ir].[Ir].[c-]1cc(-c2ccccc2)ccc1-c1ccc2ccccc2n1.[c-]1cc2ccccc2cc1-c1ccc2ccccc2n1.[c-]1ccccc1-c1ccc2ccccc2n1.[c-]1ccccc1-c1nccc2ccccc12. The molecule has 4 radical (unpaired) electrons. The predicted octanol–water partition coefficient (Wildman–Crippen LogP) is 21.8. The second-order valence-electron chi connectivity index (χ2n) is 23.0. The molecule has 4 aromatic heterocycles. The zero-order valence-electron chi connectivity index (χ0n) is 59.4. The third kappa shape index (κ3) is 31.1. The van der Waals surface area contributed by atoms with E-state index in [1.54, 1.807) is 0 Å². The number of rotatable bonds is 9. The van der Waals surface area contributed by atoms with Gasteiger partial charge in [0.25, 0.3) is 0 Å². The molecule has 0 bridgehead atoms. The van der Waals surface area contributed by atoms with E-state index in [1.165, 1.54) is 118 Å². The zero-order chi connectivity index (χ0) is 73.2. The number of fused-ring (bicyclic) bond motifs is 5. The molecule has 0 atom stereocenters. The van der Waals surface area contributed by atoms with Crippen molar-refractivity contribution in [2.45, 2.75) is 55.4 Å². The van der Waals surface area contributed by atoms with Gasteiger partial charge in [0, 0.05) is 111 Å². The standard InChI is InChI=1S/C21H14N.C19H12N.2C15H10N.4C5H8O2.4Ir/c1-2-6-16(7-3-1)17-10-12-19(13-11-17)21-15-14-18-8-4-5-9-20(18)22-21;1-2-7-16-13-17(10-9-14(16)5-1)19-12-11-15-6-3-4-8-18(15)20-19;1-2-7-13(8-3-1)15-14-9-5-4-6-12(14)10-11-16-15;1-2-6-12(7-3-1)15-11-10-13-8-4-5-9-14(13)16-15;4*1-4(6)3-5(2)7;;;;/h1-12,14-15H;1-9,11-13H;1-7,9-11H;1-6,8-11H;4*3,6H,1-2H3;;;;/q4*-1;;;;;;;;. The monoisotopic (exact) mass is 2110 g/mol. The first-order valence-corrected chi connectivity index (χ1v) is 32.5. The van der Waals surface area contributed by atoms with Gasteiger partial charge in [0.1, 0.15) is 0 Å². The van der Waals surface area contributed by atoms with E-state index in [-0.39, 0.29) is 127 Å². The third-order valence-electron chi connectivity index (χ3n) is 14.2. The van der Waals surface area contributed by atoms with Crippen molar-refractivity contribution in [2.24, 2.45) is 0 Å². The van der Waals surface area contributed by atoms with Gasteiger partial charge in [-0.1, -0.05) is 186 Å². The van der Waals surface area contributed by atoms with Crippen molar-refractivity contribution in [1.29, 1.82) is 0 Å². The summed E-state index contributed by atoms with van der Waals surface area (Å²) in [5.41, 5.74) is 13.5. The van der Waals surface area contributed by atoms with Crippen molar-refractivity contribution >= 4 is 77.4 Å². The van der Waals surface area contributed by atoms with Gasteiger partial charge in [0.2, 0.25) is 0 Å². The fraction of sp³-hybridized carbons (Fsp3) is 0.0889. The van der Waals surface area contributed by atoms with Crippen LogP contribution < -0.4 is 0 Å². The summed E-state index contributed by atoms with van der Waals surface area (Å²) in [7, 11) is 0. The van der Waals surface area contributed by atoms with Gasteiger partial charge >= 0.3 is 0 Å². The maximum atomic E-state index is 10.0. The number of ketones is 4. The minimum atomic E-state index is -0.125. The van der Waals surface area contributed by atoms with Gasteiger partial charge < -0.3 is 25.4 Å². The number of aliphatic hydroxyl groups is 4. The summed E-state index contributed by atoms with van der Waals surface area (Å²) in [4.78, 5) is 58.6. The van der Waals surface area contributed by atoms with Crippen LogP contribution >= 0.6 is 0 Å². The van der Waals surface area contributed by atoms with Crippen molar-refractivity contribution in [3.8, 4) is 56.2 Å². The van der Waals surface area contributed by atoms with Crippen molar-refractivity contribution < 1.29 is 120 Å². The maximum Gasteiger partial charge on any atom is 0.155 e. The molecule has 4 heterocycles. The van der Waals surface area contributed by atoms with E-state index in [1.807, 2.05) is 170 Å². The Bertz CT molecular complexity index is 5010. The van der Waals surface area contributed by atoms with E-state index in [9.17, 15) is 19.2 Å². The van der Waals surface area contributed by atoms with Crippen molar-refractivity contribution in [1.82, 2.24) is 19.9 Å². The molecule has 0 saturated carbocycles. The summed E-state index contributed by atoms with van der Waals surface area (Å²) in [5.74, 6) is -0.250. The fourth-order valence-corrected chi connectivity index (χ4v) is 9.92. The number of hydrogen-bond acceptors (Lipinski definition) is 12. The number of aromatic nitrogens is 4. The molecule has 16 heteroatoms. The first kappa shape index (κ1) is 89.8. The molecule has 106 heavy (non-hydrogen) atoms. The van der Waals surface area contributed by atoms with Gasteiger partial charge in [-0.05, 0) is 129 Å². The second kappa shape index (κ2) is 47.8. The number of para-hydroxylation sites is 3. The average molecular weight is 2110 g/mol. The van der Waals surface area contributed by atoms with E-state index in [4.69, 9.17) is 30.4 Å². The van der Waals surface area contributed by atoms with Gasteiger partial charge in [-0.15, -0.1) is 131 Å². The zero-order valence-corrected chi connectivity index (χ0v) is 69.0. The number of pyridine rings is 4. The molecule has 4 N–H and O–H groups in total. The fourth-order valence-electron chi connectivity index (χ4n) is 9.92. The van der Waals surface area contributed by atoms with Crippen molar-refractivity contribution in [3.05, 3.63) is 351 Å². The molecule has 0 aliphatic rings. The molecule has 14 rings (SSSR count). The molecule has 12 nitrogen and oxygen atoms in total. The van der Waals surface area contributed by atoms with Crippen LogP contribution in [0, 0.1) is 24.3 Å². The van der Waals surface area contributed by atoms with Gasteiger partial charge in [0.05, 0.1) is 39.6 Å². The van der Waals surface area contributed by atoms with Crippen molar-refractivity contribution in [3.63, 3.8) is 0 Å². The summed E-state index contributed by atoms with van der Waals surface area (Å²) in [6.07, 6.45) is 6.51. The van der Waals surface area contributed by atoms with Crippen LogP contribution in [0.25, 0.3) is 110 Å². The Kier molecular flexibility index (Phi) is 40.5. The van der Waals surface area contributed by atoms with Gasteiger partial charge in [0.15, 0.2) is 23.1 Å². The molecule has 0 aliphatic carbocycles. The summed E-state index contributed by atoms with van der Waals surface area (Å²) in [6.45, 7) is 11.4. The van der Waals surface area contributed by atoms with Crippen LogP contribution in [-0.4, -0.2) is 63.5 Å². The summed E-state index contributed by atoms with van der Waals surface area (Å²) in [6, 6.07) is 105. The van der Waals surface area contributed by atoms with Crippen LogP contribution in [0.2, 0.25) is 0 Å². The molecular weight excluding hydrogens is 2030 g/mol. The average Bonchev–Trinajstić information content (AvgIpc) is 0.815. The Labute approximate surface area is 673 Å². The molecule has 0 aliphatic heterocycles. The van der Waals surface area contributed by atoms with Crippen LogP contribution in [0.4, 0.5) is 0 Å². The Balaban J connectivity index is 0.000000326. The molecular formula is C90H78Ir4N4O8-4. The minimum absolute atomic E-state index is 0. The number of carbonyl (C=O) groups is 4. The van der Waals surface area contributed by atoms with Gasteiger partial charge in [-0.3, -0.25) is 34.1 Å². The smallest absolute Gasteiger partial charge is 0.155 e. The van der Waals surface area contributed by atoms with Crippen LogP contribution in [-0.2, 0) is 99.6 Å². The quantitative estimate of drug-likeness (QED) is 0.0606. The van der Waals surface area contributed by atoms with Crippen molar-refractivity contribution in [2.75, 3.05) is 0 Å². The van der Waals surface area contributed by atoms with Crippen LogP contribution in [0.5, 0.6) is 0 Å². The van der Waals surface area contributed by atoms with Crippen LogP contribution in [0.3, 0.4) is 0 Å². The van der Waals surface area contributed by atoms with E-state index < -0.39 is 0 Å². The number of benzene rings is 10. The topological polar surface area (TPSA) is 201 Å². The predicted molar refractivity (Wildman–Crippen MR) is 415 cm³/mol. The number of carbonyl (C=O) groups excluding carboxylic acids is 4. The molecule has 14 aromatic rings. The molecule has 546 valence electrons. The molecule has 0 fully saturated rings. The first-order chi connectivity index (χ1) is 49.2. The number of nitrogens with zero attached hydrogens (tertiary/aromatic N) is 4. The van der Waals surface area contributed by atoms with E-state index in [2.05, 4.69) is 143 Å². The van der Waals surface area contributed by atoms with Gasteiger partial charge in [-0.2, -0.15) is 0 Å². The second-order valence-corrected chi connectivity index (χ2v) is 23.0. The molecule has 0 unspecified atom stereocenters. The Morgan fingerprint density at radius 2 is 0.660 bits per heavy atom. The largest absolute Gasteiger partial charge is 0.512 e. The summed E-state index contributed by atoms with van der Waals surface area (Å²) in [5, 5.41) is 41.8. The normalized spacial score (nSPS) is 10.5. The Hall–Kier alpha value is -10.5. The molecule has 0 saturated heterocycles. The van der Waals surface area contributed by atoms with Crippen LogP contribution in [0.15, 0.2) is 327 Å². The molecule has 10 aromatic carbocycles. The third-order valence-corrected chi connectivity index (χ3v) is 14.2.